The Morgan fingerprint density at radius 2 is 1.79 bits per heavy atom. The lowest BCUT2D eigenvalue weighted by atomic mass is 10.1. The molecule has 0 aliphatic heterocycles. The molecule has 7 nitrogen and oxygen atoms in total. The maximum atomic E-state index is 6.13. The van der Waals surface area contributed by atoms with Crippen molar-refractivity contribution in [3.63, 3.8) is 0 Å². The Kier molecular flexibility index (Phi) is 5.16. The van der Waals surface area contributed by atoms with Crippen LogP contribution in [0, 0.1) is 0 Å². The average Bonchev–Trinajstić information content (AvgIpc) is 3.52. The molecule has 0 saturated heterocycles. The van der Waals surface area contributed by atoms with Crippen molar-refractivity contribution in [3.8, 4) is 17.2 Å². The molecule has 0 fully saturated rings. The zero-order valence-electron chi connectivity index (χ0n) is 17.9. The topological polar surface area (TPSA) is 78.9 Å². The minimum Gasteiger partial charge on any atom is -0.489 e. The van der Waals surface area contributed by atoms with Gasteiger partial charge in [0.2, 0.25) is 0 Å². The van der Waals surface area contributed by atoms with E-state index < -0.39 is 0 Å². The third-order valence-corrected chi connectivity index (χ3v) is 5.76. The largest absolute Gasteiger partial charge is 0.489 e. The van der Waals surface area contributed by atoms with E-state index in [1.165, 1.54) is 0 Å². The summed E-state index contributed by atoms with van der Waals surface area (Å²) >= 11 is 6.13. The fourth-order valence-electron chi connectivity index (χ4n) is 3.89. The summed E-state index contributed by atoms with van der Waals surface area (Å²) in [7, 11) is 0. The van der Waals surface area contributed by atoms with Gasteiger partial charge in [0, 0.05) is 15.8 Å². The fourth-order valence-corrected chi connectivity index (χ4v) is 4.06. The number of fused-ring (bicyclic) bond motifs is 2. The summed E-state index contributed by atoms with van der Waals surface area (Å²) < 4.78 is 13.8. The fraction of sp³-hybridized carbons (Fsp3) is 0.0769. The van der Waals surface area contributed by atoms with Gasteiger partial charge in [-0.15, -0.1) is 5.10 Å². The number of hydrogen-bond donors (Lipinski definition) is 0. The first-order valence-electron chi connectivity index (χ1n) is 10.7. The van der Waals surface area contributed by atoms with E-state index in [2.05, 4.69) is 21.6 Å². The second-order valence-electron chi connectivity index (χ2n) is 7.96. The Balaban J connectivity index is 1.20. The zero-order chi connectivity index (χ0) is 22.9. The van der Waals surface area contributed by atoms with E-state index in [0.717, 1.165) is 44.4 Å². The quantitative estimate of drug-likeness (QED) is 0.303. The predicted molar refractivity (Wildman–Crippen MR) is 130 cm³/mol. The summed E-state index contributed by atoms with van der Waals surface area (Å²) in [5.41, 5.74) is 4.54. The van der Waals surface area contributed by atoms with Crippen molar-refractivity contribution < 1.29 is 9.15 Å². The van der Waals surface area contributed by atoms with E-state index in [1.807, 2.05) is 72.8 Å². The number of tetrazole rings is 1. The summed E-state index contributed by atoms with van der Waals surface area (Å²) in [6, 6.07) is 25.6. The monoisotopic (exact) mass is 467 g/mol. The lowest BCUT2D eigenvalue weighted by Crippen LogP contribution is -2.02. The van der Waals surface area contributed by atoms with Crippen LogP contribution in [0.1, 0.15) is 11.1 Å². The lowest BCUT2D eigenvalue weighted by Gasteiger charge is -2.08. The third-order valence-electron chi connectivity index (χ3n) is 5.53. The summed E-state index contributed by atoms with van der Waals surface area (Å²) in [6.07, 6.45) is 1.60. The summed E-state index contributed by atoms with van der Waals surface area (Å²) in [5, 5.41) is 13.9. The van der Waals surface area contributed by atoms with Gasteiger partial charge in [0.15, 0.2) is 5.76 Å². The Hall–Kier alpha value is -4.23. The molecule has 8 heteroatoms. The Bertz CT molecular complexity index is 1610. The van der Waals surface area contributed by atoms with E-state index in [9.17, 15) is 0 Å². The van der Waals surface area contributed by atoms with Crippen LogP contribution in [-0.4, -0.2) is 25.2 Å². The first-order chi connectivity index (χ1) is 16.7. The number of rotatable bonds is 6. The molecule has 166 valence electrons. The van der Waals surface area contributed by atoms with Crippen LogP contribution >= 0.6 is 11.6 Å². The third kappa shape index (κ3) is 4.21. The molecule has 0 bridgehead atoms. The molecular formula is C26H18ClN5O2. The number of nitrogens with zero attached hydrogens (tertiary/aromatic N) is 5. The number of furan rings is 1. The van der Waals surface area contributed by atoms with Gasteiger partial charge in [0.05, 0.1) is 12.1 Å². The van der Waals surface area contributed by atoms with Crippen LogP contribution in [0.3, 0.4) is 0 Å². The SMILES string of the molecule is Clc1ccc2ccc(-c3cc4cc(OCc5cccc(Cn6cnnn6)c5)ccc4o3)nc2c1. The molecule has 34 heavy (non-hydrogen) atoms. The van der Waals surface area contributed by atoms with Crippen LogP contribution in [0.5, 0.6) is 5.75 Å². The van der Waals surface area contributed by atoms with Crippen LogP contribution in [0.15, 0.2) is 89.6 Å². The molecule has 3 heterocycles. The Labute approximate surface area is 199 Å². The predicted octanol–water partition coefficient (Wildman–Crippen LogP) is 5.92. The van der Waals surface area contributed by atoms with Gasteiger partial charge in [-0.2, -0.15) is 0 Å². The number of ether oxygens (including phenoxy) is 1. The van der Waals surface area contributed by atoms with Gasteiger partial charge in [-0.25, -0.2) is 9.67 Å². The standard InChI is InChI=1S/C26H18ClN5O2/c27-21-6-4-19-5-8-23(29-24(19)13-21)26-12-20-11-22(7-9-25(20)34-26)33-15-18-3-1-2-17(10-18)14-32-16-28-30-31-32/h1-13,16H,14-15H2. The molecule has 0 radical (unpaired) electrons. The second-order valence-corrected chi connectivity index (χ2v) is 8.40. The highest BCUT2D eigenvalue weighted by Gasteiger charge is 2.10. The van der Waals surface area contributed by atoms with Crippen molar-refractivity contribution in [1.29, 1.82) is 0 Å². The molecule has 0 amide bonds. The van der Waals surface area contributed by atoms with Crippen molar-refractivity contribution in [2.75, 3.05) is 0 Å². The van der Waals surface area contributed by atoms with Crippen LogP contribution < -0.4 is 4.74 Å². The van der Waals surface area contributed by atoms with Gasteiger partial charge in [-0.1, -0.05) is 48.0 Å². The molecule has 3 aromatic heterocycles. The van der Waals surface area contributed by atoms with Gasteiger partial charge < -0.3 is 9.15 Å². The maximum absolute atomic E-state index is 6.13. The number of pyridine rings is 1. The minimum absolute atomic E-state index is 0.451. The van der Waals surface area contributed by atoms with E-state index in [-0.39, 0.29) is 0 Å². The molecule has 0 saturated carbocycles. The first-order valence-corrected chi connectivity index (χ1v) is 11.1. The summed E-state index contributed by atoms with van der Waals surface area (Å²) in [6.45, 7) is 1.06. The highest BCUT2D eigenvalue weighted by Crippen LogP contribution is 2.31. The van der Waals surface area contributed by atoms with Gasteiger partial charge in [0.25, 0.3) is 0 Å². The molecule has 0 N–H and O–H groups in total. The Morgan fingerprint density at radius 1 is 0.882 bits per heavy atom. The van der Waals surface area contributed by atoms with Gasteiger partial charge in [-0.05, 0) is 64.0 Å². The molecule has 6 rings (SSSR count). The number of hydrogen-bond acceptors (Lipinski definition) is 6. The van der Waals surface area contributed by atoms with Crippen molar-refractivity contribution in [1.82, 2.24) is 25.2 Å². The molecule has 6 aromatic rings. The molecule has 3 aromatic carbocycles. The summed E-state index contributed by atoms with van der Waals surface area (Å²) in [5.74, 6) is 1.47. The lowest BCUT2D eigenvalue weighted by molar-refractivity contribution is 0.306. The number of halogens is 1. The van der Waals surface area contributed by atoms with Crippen LogP contribution in [-0.2, 0) is 13.2 Å². The highest BCUT2D eigenvalue weighted by molar-refractivity contribution is 6.31. The number of aromatic nitrogens is 5. The smallest absolute Gasteiger partial charge is 0.153 e. The summed E-state index contributed by atoms with van der Waals surface area (Å²) in [4.78, 5) is 4.71. The Morgan fingerprint density at radius 3 is 2.71 bits per heavy atom. The van der Waals surface area contributed by atoms with Gasteiger partial charge in [0.1, 0.15) is 30.0 Å². The molecular weight excluding hydrogens is 450 g/mol. The molecule has 0 unspecified atom stereocenters. The van der Waals surface area contributed by atoms with E-state index in [1.54, 1.807) is 11.0 Å². The van der Waals surface area contributed by atoms with Crippen LogP contribution in [0.2, 0.25) is 5.02 Å². The van der Waals surface area contributed by atoms with Crippen molar-refractivity contribution >= 4 is 33.5 Å². The molecule has 0 aliphatic rings. The van der Waals surface area contributed by atoms with Crippen molar-refractivity contribution in [2.45, 2.75) is 13.2 Å². The molecule has 0 spiro atoms. The maximum Gasteiger partial charge on any atom is 0.153 e. The minimum atomic E-state index is 0.451. The first kappa shape index (κ1) is 20.4. The van der Waals surface area contributed by atoms with Gasteiger partial charge in [-0.3, -0.25) is 0 Å². The van der Waals surface area contributed by atoms with Crippen molar-refractivity contribution in [3.05, 3.63) is 101 Å². The normalized spacial score (nSPS) is 11.3. The van der Waals surface area contributed by atoms with Crippen LogP contribution in [0.25, 0.3) is 33.3 Å². The van der Waals surface area contributed by atoms with E-state index >= 15 is 0 Å². The average molecular weight is 468 g/mol. The van der Waals surface area contributed by atoms with E-state index in [0.29, 0.717) is 23.9 Å². The van der Waals surface area contributed by atoms with E-state index in [4.69, 9.17) is 25.7 Å². The zero-order valence-corrected chi connectivity index (χ0v) is 18.7. The molecule has 0 atom stereocenters. The highest BCUT2D eigenvalue weighted by atomic mass is 35.5. The molecule has 0 aliphatic carbocycles. The van der Waals surface area contributed by atoms with Gasteiger partial charge >= 0.3 is 0 Å². The van der Waals surface area contributed by atoms with Crippen LogP contribution in [0.4, 0.5) is 0 Å². The number of benzene rings is 3. The van der Waals surface area contributed by atoms with Crippen molar-refractivity contribution in [2.24, 2.45) is 0 Å². The second kappa shape index (κ2) is 8.61.